The van der Waals surface area contributed by atoms with Gasteiger partial charge in [-0.05, 0) is 25.0 Å². The van der Waals surface area contributed by atoms with E-state index in [1.54, 1.807) is 6.07 Å². The fourth-order valence-electron chi connectivity index (χ4n) is 1.31. The monoisotopic (exact) mass is 292 g/mol. The van der Waals surface area contributed by atoms with E-state index >= 15 is 0 Å². The lowest BCUT2D eigenvalue weighted by Crippen LogP contribution is -2.06. The number of hydrogen-bond donors (Lipinski definition) is 0. The van der Waals surface area contributed by atoms with Crippen molar-refractivity contribution in [1.29, 1.82) is 0 Å². The molecule has 0 saturated heterocycles. The molecule has 4 nitrogen and oxygen atoms in total. The SMILES string of the molecule is CCCOc1ccccc1OCCCS(=O)(=O)Cl. The Morgan fingerprint density at radius 1 is 1.11 bits per heavy atom. The van der Waals surface area contributed by atoms with Gasteiger partial charge in [0.15, 0.2) is 11.5 Å². The highest BCUT2D eigenvalue weighted by Gasteiger charge is 2.07. The molecule has 0 aromatic heterocycles. The molecule has 102 valence electrons. The minimum absolute atomic E-state index is 0.0907. The van der Waals surface area contributed by atoms with E-state index in [2.05, 4.69) is 0 Å². The first-order valence-electron chi connectivity index (χ1n) is 5.80. The second-order valence-electron chi connectivity index (χ2n) is 3.74. The predicted octanol–water partition coefficient (Wildman–Crippen LogP) is 2.81. The van der Waals surface area contributed by atoms with Gasteiger partial charge < -0.3 is 9.47 Å². The number of benzene rings is 1. The predicted molar refractivity (Wildman–Crippen MR) is 72.0 cm³/mol. The number of halogens is 1. The molecule has 1 aromatic carbocycles. The average Bonchev–Trinajstić information content (AvgIpc) is 2.32. The lowest BCUT2D eigenvalue weighted by molar-refractivity contribution is 0.268. The van der Waals surface area contributed by atoms with Crippen LogP contribution in [-0.2, 0) is 9.05 Å². The zero-order valence-corrected chi connectivity index (χ0v) is 11.8. The van der Waals surface area contributed by atoms with E-state index in [0.29, 0.717) is 31.1 Å². The van der Waals surface area contributed by atoms with Crippen LogP contribution in [0.5, 0.6) is 11.5 Å². The van der Waals surface area contributed by atoms with Crippen LogP contribution in [0.15, 0.2) is 24.3 Å². The molecule has 0 aliphatic rings. The molecule has 0 unspecified atom stereocenters. The maximum absolute atomic E-state index is 10.7. The molecule has 0 amide bonds. The molecule has 0 atom stereocenters. The van der Waals surface area contributed by atoms with E-state index in [9.17, 15) is 8.42 Å². The van der Waals surface area contributed by atoms with Gasteiger partial charge in [0.2, 0.25) is 9.05 Å². The molecule has 6 heteroatoms. The molecule has 0 spiro atoms. The molecule has 0 aliphatic heterocycles. The maximum atomic E-state index is 10.7. The van der Waals surface area contributed by atoms with E-state index in [-0.39, 0.29) is 5.75 Å². The minimum Gasteiger partial charge on any atom is -0.490 e. The Morgan fingerprint density at radius 2 is 1.67 bits per heavy atom. The van der Waals surface area contributed by atoms with Crippen LogP contribution in [0, 0.1) is 0 Å². The molecule has 18 heavy (non-hydrogen) atoms. The van der Waals surface area contributed by atoms with Crippen LogP contribution in [0.25, 0.3) is 0 Å². The minimum atomic E-state index is -3.44. The summed E-state index contributed by atoms with van der Waals surface area (Å²) in [6, 6.07) is 7.32. The van der Waals surface area contributed by atoms with Gasteiger partial charge in [0.25, 0.3) is 0 Å². The van der Waals surface area contributed by atoms with Crippen LogP contribution in [0.2, 0.25) is 0 Å². The highest BCUT2D eigenvalue weighted by Crippen LogP contribution is 2.26. The molecular formula is C12H17ClO4S. The first-order valence-corrected chi connectivity index (χ1v) is 8.27. The number of hydrogen-bond acceptors (Lipinski definition) is 4. The highest BCUT2D eigenvalue weighted by molar-refractivity contribution is 8.13. The van der Waals surface area contributed by atoms with Crippen LogP contribution in [0.1, 0.15) is 19.8 Å². The normalized spacial score (nSPS) is 11.2. The smallest absolute Gasteiger partial charge is 0.232 e. The Labute approximate surface area is 112 Å². The Balaban J connectivity index is 2.46. The van der Waals surface area contributed by atoms with Crippen molar-refractivity contribution in [2.75, 3.05) is 19.0 Å². The van der Waals surface area contributed by atoms with E-state index < -0.39 is 9.05 Å². The molecule has 0 N–H and O–H groups in total. The van der Waals surface area contributed by atoms with Gasteiger partial charge in [-0.2, -0.15) is 0 Å². The summed E-state index contributed by atoms with van der Waals surface area (Å²) in [4.78, 5) is 0. The lowest BCUT2D eigenvalue weighted by atomic mass is 10.3. The summed E-state index contributed by atoms with van der Waals surface area (Å²) in [5.74, 6) is 1.21. The molecule has 0 radical (unpaired) electrons. The van der Waals surface area contributed by atoms with E-state index in [1.807, 2.05) is 25.1 Å². The second kappa shape index (κ2) is 7.48. The molecular weight excluding hydrogens is 276 g/mol. The van der Waals surface area contributed by atoms with Gasteiger partial charge in [-0.3, -0.25) is 0 Å². The highest BCUT2D eigenvalue weighted by atomic mass is 35.7. The van der Waals surface area contributed by atoms with E-state index in [0.717, 1.165) is 6.42 Å². The second-order valence-corrected chi connectivity index (χ2v) is 6.64. The quantitative estimate of drug-likeness (QED) is 0.546. The van der Waals surface area contributed by atoms with Crippen LogP contribution in [0.3, 0.4) is 0 Å². The van der Waals surface area contributed by atoms with Gasteiger partial charge in [0.1, 0.15) is 0 Å². The average molecular weight is 293 g/mol. The summed E-state index contributed by atoms with van der Waals surface area (Å²) in [6.07, 6.45) is 1.27. The fraction of sp³-hybridized carbons (Fsp3) is 0.500. The topological polar surface area (TPSA) is 52.6 Å². The summed E-state index contributed by atoms with van der Waals surface area (Å²) in [5.41, 5.74) is 0. The van der Waals surface area contributed by atoms with Crippen LogP contribution >= 0.6 is 10.7 Å². The van der Waals surface area contributed by atoms with Crippen LogP contribution in [0.4, 0.5) is 0 Å². The number of para-hydroxylation sites is 2. The van der Waals surface area contributed by atoms with Crippen molar-refractivity contribution in [3.05, 3.63) is 24.3 Å². The summed E-state index contributed by atoms with van der Waals surface area (Å²) in [7, 11) is 1.66. The van der Waals surface area contributed by atoms with Crippen molar-refractivity contribution in [2.45, 2.75) is 19.8 Å². The van der Waals surface area contributed by atoms with Crippen LogP contribution in [-0.4, -0.2) is 27.4 Å². The van der Waals surface area contributed by atoms with Gasteiger partial charge in [-0.15, -0.1) is 0 Å². The summed E-state index contributed by atoms with van der Waals surface area (Å²) in [5, 5.41) is 0. The Kier molecular flexibility index (Phi) is 6.29. The summed E-state index contributed by atoms with van der Waals surface area (Å²) < 4.78 is 32.5. The standard InChI is InChI=1S/C12H17ClO4S/c1-2-8-16-11-6-3-4-7-12(11)17-9-5-10-18(13,14)15/h3-4,6-7H,2,5,8-10H2,1H3. The fourth-order valence-corrected chi connectivity index (χ4v) is 2.10. The van der Waals surface area contributed by atoms with E-state index in [1.165, 1.54) is 0 Å². The third-order valence-electron chi connectivity index (χ3n) is 2.10. The first-order chi connectivity index (χ1) is 8.53. The number of rotatable bonds is 8. The van der Waals surface area contributed by atoms with Crippen molar-refractivity contribution in [3.63, 3.8) is 0 Å². The van der Waals surface area contributed by atoms with Gasteiger partial charge in [0, 0.05) is 10.7 Å². The summed E-state index contributed by atoms with van der Waals surface area (Å²) >= 11 is 0. The van der Waals surface area contributed by atoms with E-state index in [4.69, 9.17) is 20.2 Å². The first kappa shape index (κ1) is 15.1. The zero-order valence-electron chi connectivity index (χ0n) is 10.3. The Morgan fingerprint density at radius 3 is 2.17 bits per heavy atom. The molecule has 1 aromatic rings. The maximum Gasteiger partial charge on any atom is 0.232 e. The van der Waals surface area contributed by atoms with Crippen molar-refractivity contribution < 1.29 is 17.9 Å². The van der Waals surface area contributed by atoms with Gasteiger partial charge >= 0.3 is 0 Å². The molecule has 0 fully saturated rings. The molecule has 0 aliphatic carbocycles. The van der Waals surface area contributed by atoms with Gasteiger partial charge in [0.05, 0.1) is 19.0 Å². The molecule has 0 heterocycles. The zero-order chi connectivity index (χ0) is 13.4. The van der Waals surface area contributed by atoms with Crippen LogP contribution < -0.4 is 9.47 Å². The summed E-state index contributed by atoms with van der Waals surface area (Å²) in [6.45, 7) is 2.93. The molecule has 0 bridgehead atoms. The van der Waals surface area contributed by atoms with Crippen molar-refractivity contribution in [2.24, 2.45) is 0 Å². The molecule has 1 rings (SSSR count). The van der Waals surface area contributed by atoms with Crippen molar-refractivity contribution in [3.8, 4) is 11.5 Å². The van der Waals surface area contributed by atoms with Crippen molar-refractivity contribution >= 4 is 19.7 Å². The largest absolute Gasteiger partial charge is 0.490 e. The third-order valence-corrected chi connectivity index (χ3v) is 3.34. The number of ether oxygens (including phenoxy) is 2. The van der Waals surface area contributed by atoms with Gasteiger partial charge in [-0.25, -0.2) is 8.42 Å². The van der Waals surface area contributed by atoms with Gasteiger partial charge in [-0.1, -0.05) is 19.1 Å². The Bertz CT molecular complexity index is 459. The molecule has 0 saturated carbocycles. The van der Waals surface area contributed by atoms with Crippen molar-refractivity contribution in [1.82, 2.24) is 0 Å². The third kappa shape index (κ3) is 6.12. The Hall–Kier alpha value is -0.940. The lowest BCUT2D eigenvalue weighted by Gasteiger charge is -2.11.